The number of hydrogen-bond acceptors (Lipinski definition) is 4. The van der Waals surface area contributed by atoms with Crippen LogP contribution in [0.5, 0.6) is 11.5 Å². The van der Waals surface area contributed by atoms with Gasteiger partial charge in [0.05, 0.1) is 12.2 Å². The van der Waals surface area contributed by atoms with Crippen LogP contribution in [-0.4, -0.2) is 25.2 Å². The van der Waals surface area contributed by atoms with Gasteiger partial charge in [-0.2, -0.15) is 0 Å². The van der Waals surface area contributed by atoms with Crippen molar-refractivity contribution in [3.63, 3.8) is 0 Å². The number of rotatable bonds is 4. The Kier molecular flexibility index (Phi) is 3.78. The van der Waals surface area contributed by atoms with Crippen LogP contribution in [0.25, 0.3) is 0 Å². The molecule has 0 saturated heterocycles. The normalized spacial score (nSPS) is 10.8. The van der Waals surface area contributed by atoms with E-state index in [1.54, 1.807) is 10.7 Å². The smallest absolute Gasteiger partial charge is 0.157 e. The maximum atomic E-state index is 9.52. The highest BCUT2D eigenvalue weighted by atomic mass is 16.3. The van der Waals surface area contributed by atoms with E-state index in [1.807, 2.05) is 18.3 Å². The Morgan fingerprint density at radius 2 is 1.86 bits per heavy atom. The molecular weight excluding hydrogens is 278 g/mol. The molecule has 0 fully saturated rings. The van der Waals surface area contributed by atoms with Gasteiger partial charge in [0.25, 0.3) is 0 Å². The summed E-state index contributed by atoms with van der Waals surface area (Å²) < 4.78 is 1.80. The molecule has 2 aromatic carbocycles. The van der Waals surface area contributed by atoms with Gasteiger partial charge in [0.15, 0.2) is 11.5 Å². The van der Waals surface area contributed by atoms with Crippen molar-refractivity contribution in [3.05, 3.63) is 71.0 Å². The van der Waals surface area contributed by atoms with Crippen LogP contribution in [0, 0.1) is 6.92 Å². The van der Waals surface area contributed by atoms with E-state index in [2.05, 4.69) is 29.4 Å². The number of nitrogens with zero attached hydrogens (tertiary/aromatic N) is 3. The van der Waals surface area contributed by atoms with Gasteiger partial charge in [-0.05, 0) is 35.7 Å². The largest absolute Gasteiger partial charge is 0.504 e. The average Bonchev–Trinajstić information content (AvgIpc) is 2.93. The predicted molar refractivity (Wildman–Crippen MR) is 82.9 cm³/mol. The lowest BCUT2D eigenvalue weighted by molar-refractivity contribution is 0.403. The molecule has 0 bridgehead atoms. The third-order valence-electron chi connectivity index (χ3n) is 3.60. The van der Waals surface area contributed by atoms with Gasteiger partial charge in [0.2, 0.25) is 0 Å². The molecule has 0 atom stereocenters. The number of phenolic OH excluding ortho intramolecular Hbond substituents is 2. The molecule has 0 aliphatic rings. The lowest BCUT2D eigenvalue weighted by Crippen LogP contribution is -2.01. The third kappa shape index (κ3) is 3.09. The second kappa shape index (κ2) is 5.89. The zero-order valence-electron chi connectivity index (χ0n) is 12.3. The fourth-order valence-electron chi connectivity index (χ4n) is 2.35. The van der Waals surface area contributed by atoms with Gasteiger partial charge in [-0.1, -0.05) is 35.5 Å². The van der Waals surface area contributed by atoms with Crippen LogP contribution in [-0.2, 0) is 13.0 Å². The zero-order valence-corrected chi connectivity index (χ0v) is 12.3. The maximum absolute atomic E-state index is 9.52. The predicted octanol–water partition coefficient (Wildman–Crippen LogP) is 2.64. The lowest BCUT2D eigenvalue weighted by atomic mass is 10.1. The summed E-state index contributed by atoms with van der Waals surface area (Å²) in [6.45, 7) is 2.76. The first kappa shape index (κ1) is 14.1. The summed E-state index contributed by atoms with van der Waals surface area (Å²) >= 11 is 0. The molecule has 1 aromatic heterocycles. The molecule has 112 valence electrons. The Hall–Kier alpha value is -2.82. The van der Waals surface area contributed by atoms with Crippen molar-refractivity contribution >= 4 is 0 Å². The summed E-state index contributed by atoms with van der Waals surface area (Å²) in [5, 5.41) is 27.1. The average molecular weight is 295 g/mol. The van der Waals surface area contributed by atoms with Crippen molar-refractivity contribution in [1.82, 2.24) is 15.0 Å². The van der Waals surface area contributed by atoms with Crippen LogP contribution in [0.4, 0.5) is 0 Å². The van der Waals surface area contributed by atoms with E-state index in [-0.39, 0.29) is 11.5 Å². The molecule has 0 aliphatic heterocycles. The number of aromatic nitrogens is 3. The highest BCUT2D eigenvalue weighted by Crippen LogP contribution is 2.25. The molecular formula is C17H17N3O2. The molecule has 0 saturated carbocycles. The molecule has 0 spiro atoms. The fourth-order valence-corrected chi connectivity index (χ4v) is 2.35. The van der Waals surface area contributed by atoms with Crippen molar-refractivity contribution in [2.24, 2.45) is 0 Å². The second-order valence-electron chi connectivity index (χ2n) is 5.33. The third-order valence-corrected chi connectivity index (χ3v) is 3.60. The standard InChI is InChI=1S/C17H17N3O2/c1-12-4-2-3-5-14(12)10-20-11-15(18-19-20)8-13-6-7-16(21)17(22)9-13/h2-7,9,11,21-22H,8,10H2,1H3. The van der Waals surface area contributed by atoms with Crippen molar-refractivity contribution < 1.29 is 10.2 Å². The Morgan fingerprint density at radius 1 is 1.05 bits per heavy atom. The summed E-state index contributed by atoms with van der Waals surface area (Å²) in [5.41, 5.74) is 4.13. The van der Waals surface area contributed by atoms with Crippen LogP contribution in [0.3, 0.4) is 0 Å². The van der Waals surface area contributed by atoms with E-state index in [1.165, 1.54) is 23.3 Å². The first-order valence-electron chi connectivity index (χ1n) is 7.06. The minimum atomic E-state index is -0.121. The highest BCUT2D eigenvalue weighted by molar-refractivity contribution is 5.41. The molecule has 0 aliphatic carbocycles. The SMILES string of the molecule is Cc1ccccc1Cn1cc(Cc2ccc(O)c(O)c2)nn1. The van der Waals surface area contributed by atoms with Crippen molar-refractivity contribution in [3.8, 4) is 11.5 Å². The molecule has 5 nitrogen and oxygen atoms in total. The minimum Gasteiger partial charge on any atom is -0.504 e. The first-order valence-corrected chi connectivity index (χ1v) is 7.06. The Labute approximate surface area is 128 Å². The number of benzene rings is 2. The Balaban J connectivity index is 1.73. The molecule has 0 amide bonds. The zero-order chi connectivity index (χ0) is 15.5. The van der Waals surface area contributed by atoms with E-state index in [4.69, 9.17) is 0 Å². The maximum Gasteiger partial charge on any atom is 0.157 e. The first-order chi connectivity index (χ1) is 10.6. The van der Waals surface area contributed by atoms with Gasteiger partial charge >= 0.3 is 0 Å². The lowest BCUT2D eigenvalue weighted by Gasteiger charge is -2.04. The fraction of sp³-hybridized carbons (Fsp3) is 0.176. The summed E-state index contributed by atoms with van der Waals surface area (Å²) in [4.78, 5) is 0. The van der Waals surface area contributed by atoms with Crippen LogP contribution in [0.2, 0.25) is 0 Å². The number of phenols is 2. The molecule has 22 heavy (non-hydrogen) atoms. The van der Waals surface area contributed by atoms with E-state index in [0.29, 0.717) is 13.0 Å². The van der Waals surface area contributed by atoms with Crippen LogP contribution in [0.1, 0.15) is 22.4 Å². The van der Waals surface area contributed by atoms with Gasteiger partial charge < -0.3 is 10.2 Å². The van der Waals surface area contributed by atoms with Gasteiger partial charge in [-0.3, -0.25) is 0 Å². The van der Waals surface area contributed by atoms with Gasteiger partial charge in [-0.25, -0.2) is 4.68 Å². The van der Waals surface area contributed by atoms with Crippen molar-refractivity contribution in [1.29, 1.82) is 0 Å². The van der Waals surface area contributed by atoms with Crippen LogP contribution >= 0.6 is 0 Å². The molecule has 5 heteroatoms. The Morgan fingerprint density at radius 3 is 2.64 bits per heavy atom. The molecule has 1 heterocycles. The van der Waals surface area contributed by atoms with E-state index < -0.39 is 0 Å². The summed E-state index contributed by atoms with van der Waals surface area (Å²) in [5.74, 6) is -0.239. The van der Waals surface area contributed by atoms with Gasteiger partial charge in [-0.15, -0.1) is 5.10 Å². The van der Waals surface area contributed by atoms with E-state index in [9.17, 15) is 10.2 Å². The molecule has 0 unspecified atom stereocenters. The molecule has 3 rings (SSSR count). The number of hydrogen-bond donors (Lipinski definition) is 2. The summed E-state index contributed by atoms with van der Waals surface area (Å²) in [6, 6.07) is 13.0. The monoisotopic (exact) mass is 295 g/mol. The number of aromatic hydroxyl groups is 2. The topological polar surface area (TPSA) is 71.2 Å². The van der Waals surface area contributed by atoms with Crippen molar-refractivity contribution in [2.75, 3.05) is 0 Å². The number of aryl methyl sites for hydroxylation is 1. The van der Waals surface area contributed by atoms with Crippen molar-refractivity contribution in [2.45, 2.75) is 19.9 Å². The molecule has 2 N–H and O–H groups in total. The Bertz CT molecular complexity index is 796. The van der Waals surface area contributed by atoms with Gasteiger partial charge in [0, 0.05) is 12.6 Å². The summed E-state index contributed by atoms with van der Waals surface area (Å²) in [7, 11) is 0. The summed E-state index contributed by atoms with van der Waals surface area (Å²) in [6.07, 6.45) is 2.46. The minimum absolute atomic E-state index is 0.119. The molecule has 0 radical (unpaired) electrons. The highest BCUT2D eigenvalue weighted by Gasteiger charge is 2.06. The second-order valence-corrected chi connectivity index (χ2v) is 5.33. The van der Waals surface area contributed by atoms with E-state index >= 15 is 0 Å². The quantitative estimate of drug-likeness (QED) is 0.726. The van der Waals surface area contributed by atoms with Gasteiger partial charge in [0.1, 0.15) is 0 Å². The van der Waals surface area contributed by atoms with E-state index in [0.717, 1.165) is 11.3 Å². The van der Waals surface area contributed by atoms with Crippen LogP contribution < -0.4 is 0 Å². The molecule has 3 aromatic rings. The van der Waals surface area contributed by atoms with Crippen LogP contribution in [0.15, 0.2) is 48.7 Å².